The zero-order chi connectivity index (χ0) is 24.4. The molecule has 0 aliphatic carbocycles. The molecular formula is C25H19BrFN3O4. The third kappa shape index (κ3) is 4.74. The molecule has 0 bridgehead atoms. The summed E-state index contributed by atoms with van der Waals surface area (Å²) in [5.74, 6) is -1.07. The van der Waals surface area contributed by atoms with E-state index in [4.69, 9.17) is 4.74 Å². The number of pyridine rings is 2. The van der Waals surface area contributed by atoms with Gasteiger partial charge in [-0.15, -0.1) is 0 Å². The summed E-state index contributed by atoms with van der Waals surface area (Å²) >= 11 is 3.17. The smallest absolute Gasteiger partial charge is 0.244 e. The van der Waals surface area contributed by atoms with E-state index < -0.39 is 22.9 Å². The number of aromatic nitrogens is 2. The Labute approximate surface area is 202 Å². The molecule has 7 nitrogen and oxygen atoms in total. The number of anilines is 1. The minimum absolute atomic E-state index is 0.0113. The molecule has 1 amide bonds. The lowest BCUT2D eigenvalue weighted by atomic mass is 10.0. The van der Waals surface area contributed by atoms with Crippen LogP contribution in [-0.4, -0.2) is 28.4 Å². The molecule has 2 aromatic carbocycles. The van der Waals surface area contributed by atoms with Gasteiger partial charge in [0.1, 0.15) is 23.8 Å². The third-order valence-corrected chi connectivity index (χ3v) is 5.67. The van der Waals surface area contributed by atoms with E-state index in [9.17, 15) is 18.8 Å². The van der Waals surface area contributed by atoms with Crippen LogP contribution in [0.25, 0.3) is 11.0 Å². The van der Waals surface area contributed by atoms with Crippen LogP contribution >= 0.6 is 15.9 Å². The van der Waals surface area contributed by atoms with Crippen molar-refractivity contribution in [2.24, 2.45) is 0 Å². The molecule has 2 heterocycles. The number of ether oxygens (including phenoxy) is 1. The molecule has 0 spiro atoms. The number of hydrogen-bond acceptors (Lipinski definition) is 5. The van der Waals surface area contributed by atoms with Crippen molar-refractivity contribution in [1.29, 1.82) is 0 Å². The van der Waals surface area contributed by atoms with Gasteiger partial charge in [-0.05, 0) is 61.5 Å². The van der Waals surface area contributed by atoms with Gasteiger partial charge < -0.3 is 14.6 Å². The number of nitrogens with one attached hydrogen (secondary N) is 1. The van der Waals surface area contributed by atoms with Crippen LogP contribution in [0.15, 0.2) is 70.1 Å². The van der Waals surface area contributed by atoms with Gasteiger partial charge >= 0.3 is 0 Å². The van der Waals surface area contributed by atoms with Crippen LogP contribution in [-0.2, 0) is 11.3 Å². The molecule has 34 heavy (non-hydrogen) atoms. The fourth-order valence-corrected chi connectivity index (χ4v) is 3.81. The Bertz CT molecular complexity index is 1480. The Morgan fingerprint density at radius 2 is 1.85 bits per heavy atom. The van der Waals surface area contributed by atoms with Crippen molar-refractivity contribution in [2.75, 3.05) is 12.4 Å². The highest BCUT2D eigenvalue weighted by atomic mass is 79.9. The number of rotatable bonds is 6. The van der Waals surface area contributed by atoms with Gasteiger partial charge in [0.25, 0.3) is 0 Å². The molecule has 0 saturated heterocycles. The van der Waals surface area contributed by atoms with Crippen LogP contribution in [0.3, 0.4) is 0 Å². The molecule has 0 radical (unpaired) electrons. The van der Waals surface area contributed by atoms with Crippen molar-refractivity contribution in [2.45, 2.75) is 13.5 Å². The van der Waals surface area contributed by atoms with Gasteiger partial charge in [-0.3, -0.25) is 14.4 Å². The van der Waals surface area contributed by atoms with Crippen molar-refractivity contribution < 1.29 is 18.7 Å². The summed E-state index contributed by atoms with van der Waals surface area (Å²) in [4.78, 5) is 43.4. The number of benzene rings is 2. The maximum absolute atomic E-state index is 14.2. The first kappa shape index (κ1) is 23.3. The minimum Gasteiger partial charge on any atom is -0.497 e. The topological polar surface area (TPSA) is 90.3 Å². The molecule has 172 valence electrons. The highest BCUT2D eigenvalue weighted by Crippen LogP contribution is 2.20. The lowest BCUT2D eigenvalue weighted by Crippen LogP contribution is -2.25. The Kier molecular flexibility index (Phi) is 6.56. The average molecular weight is 524 g/mol. The molecule has 9 heteroatoms. The van der Waals surface area contributed by atoms with Crippen molar-refractivity contribution in [1.82, 2.24) is 9.55 Å². The monoisotopic (exact) mass is 523 g/mol. The molecule has 0 saturated carbocycles. The summed E-state index contributed by atoms with van der Waals surface area (Å²) in [5.41, 5.74) is 0.601. The summed E-state index contributed by atoms with van der Waals surface area (Å²) in [7, 11) is 1.51. The van der Waals surface area contributed by atoms with E-state index in [0.717, 1.165) is 0 Å². The Morgan fingerprint density at radius 1 is 1.12 bits per heavy atom. The van der Waals surface area contributed by atoms with Crippen molar-refractivity contribution in [3.63, 3.8) is 0 Å². The van der Waals surface area contributed by atoms with Crippen LogP contribution in [0.4, 0.5) is 10.1 Å². The largest absolute Gasteiger partial charge is 0.497 e. The number of nitrogens with zero attached hydrogens (tertiary/aromatic N) is 2. The molecule has 0 aliphatic heterocycles. The van der Waals surface area contributed by atoms with Gasteiger partial charge in [-0.2, -0.15) is 0 Å². The molecule has 1 N–H and O–H groups in total. The molecule has 4 rings (SSSR count). The highest BCUT2D eigenvalue weighted by Gasteiger charge is 2.19. The van der Waals surface area contributed by atoms with E-state index in [-0.39, 0.29) is 28.8 Å². The number of ketones is 1. The van der Waals surface area contributed by atoms with Crippen molar-refractivity contribution >= 4 is 44.3 Å². The van der Waals surface area contributed by atoms with Crippen LogP contribution < -0.4 is 15.5 Å². The van der Waals surface area contributed by atoms with Crippen LogP contribution in [0.1, 0.15) is 21.6 Å². The van der Waals surface area contributed by atoms with Gasteiger partial charge in [0.2, 0.25) is 11.3 Å². The number of fused-ring (bicyclic) bond motifs is 1. The molecule has 0 aliphatic rings. The van der Waals surface area contributed by atoms with Gasteiger partial charge in [-0.25, -0.2) is 9.37 Å². The number of carbonyl (C=O) groups is 2. The number of halogens is 2. The Hall–Kier alpha value is -3.85. The second-order valence-electron chi connectivity index (χ2n) is 7.55. The summed E-state index contributed by atoms with van der Waals surface area (Å²) < 4.78 is 21.2. The summed E-state index contributed by atoms with van der Waals surface area (Å²) in [5, 5.41) is 2.71. The lowest BCUT2D eigenvalue weighted by molar-refractivity contribution is -0.116. The first-order valence-electron chi connectivity index (χ1n) is 10.2. The predicted molar refractivity (Wildman–Crippen MR) is 130 cm³/mol. The van der Waals surface area contributed by atoms with Gasteiger partial charge in [-0.1, -0.05) is 15.9 Å². The van der Waals surface area contributed by atoms with E-state index in [1.165, 1.54) is 30.0 Å². The fraction of sp³-hybridized carbons (Fsp3) is 0.120. The van der Waals surface area contributed by atoms with E-state index in [0.29, 0.717) is 21.5 Å². The van der Waals surface area contributed by atoms with E-state index in [1.807, 2.05) is 0 Å². The standard InChI is InChI=1S/C25H19BrFN3O4/c1-14-3-9-18-24(33)19(23(32)15-4-7-17(34-2)8-5-15)12-30(25(18)28-14)13-22(31)29-21-10-6-16(26)11-20(21)27/h3-12H,13H2,1-2H3,(H,29,31). The molecule has 0 unspecified atom stereocenters. The first-order valence-corrected chi connectivity index (χ1v) is 11.0. The Balaban J connectivity index is 1.75. The maximum atomic E-state index is 14.2. The molecular weight excluding hydrogens is 505 g/mol. The normalized spacial score (nSPS) is 10.8. The number of amides is 1. The van der Waals surface area contributed by atoms with E-state index >= 15 is 0 Å². The second kappa shape index (κ2) is 9.56. The number of carbonyl (C=O) groups excluding carboxylic acids is 2. The van der Waals surface area contributed by atoms with Gasteiger partial charge in [0.15, 0.2) is 5.78 Å². The number of hydrogen-bond donors (Lipinski definition) is 1. The quantitative estimate of drug-likeness (QED) is 0.376. The minimum atomic E-state index is -0.600. The second-order valence-corrected chi connectivity index (χ2v) is 8.47. The summed E-state index contributed by atoms with van der Waals surface area (Å²) in [6, 6.07) is 13.9. The van der Waals surface area contributed by atoms with Crippen molar-refractivity contribution in [3.05, 3.63) is 98.1 Å². The highest BCUT2D eigenvalue weighted by molar-refractivity contribution is 9.10. The predicted octanol–water partition coefficient (Wildman–Crippen LogP) is 4.48. The summed E-state index contributed by atoms with van der Waals surface area (Å²) in [6.45, 7) is 1.47. The fourth-order valence-electron chi connectivity index (χ4n) is 3.48. The van der Waals surface area contributed by atoms with Gasteiger partial charge in [0, 0.05) is 21.9 Å². The van der Waals surface area contributed by atoms with E-state index in [2.05, 4.69) is 26.2 Å². The molecule has 4 aromatic rings. The number of aryl methyl sites for hydroxylation is 1. The zero-order valence-corrected chi connectivity index (χ0v) is 19.8. The van der Waals surface area contributed by atoms with Crippen molar-refractivity contribution in [3.8, 4) is 5.75 Å². The maximum Gasteiger partial charge on any atom is 0.244 e. The lowest BCUT2D eigenvalue weighted by Gasteiger charge is -2.14. The SMILES string of the molecule is COc1ccc(C(=O)c2cn(CC(=O)Nc3ccc(Br)cc3F)c3nc(C)ccc3c2=O)cc1. The number of methoxy groups -OCH3 is 1. The van der Waals surface area contributed by atoms with E-state index in [1.54, 1.807) is 49.4 Å². The van der Waals surface area contributed by atoms with Crippen LogP contribution in [0.2, 0.25) is 0 Å². The van der Waals surface area contributed by atoms with Crippen LogP contribution in [0.5, 0.6) is 5.75 Å². The molecule has 2 aromatic heterocycles. The summed E-state index contributed by atoms with van der Waals surface area (Å²) in [6.07, 6.45) is 1.32. The average Bonchev–Trinajstić information content (AvgIpc) is 2.82. The third-order valence-electron chi connectivity index (χ3n) is 5.18. The molecule has 0 atom stereocenters. The first-order chi connectivity index (χ1) is 16.3. The van der Waals surface area contributed by atoms with Gasteiger partial charge in [0.05, 0.1) is 23.7 Å². The Morgan fingerprint density at radius 3 is 2.53 bits per heavy atom. The zero-order valence-electron chi connectivity index (χ0n) is 18.3. The molecule has 0 fully saturated rings. The van der Waals surface area contributed by atoms with Crippen LogP contribution in [0, 0.1) is 12.7 Å².